The Hall–Kier alpha value is -0.320. The van der Waals surface area contributed by atoms with Crippen LogP contribution in [-0.2, 0) is 13.0 Å². The molecule has 3 nitrogen and oxygen atoms in total. The topological polar surface area (TPSA) is 18.5 Å². The molecule has 2 aliphatic heterocycles. The van der Waals surface area contributed by atoms with Crippen LogP contribution in [0.15, 0.2) is 24.3 Å². The van der Waals surface area contributed by atoms with Crippen LogP contribution in [0.4, 0.5) is 0 Å². The number of halogens is 2. The minimum atomic E-state index is 0. The van der Waals surface area contributed by atoms with E-state index in [9.17, 15) is 0 Å². The van der Waals surface area contributed by atoms with Gasteiger partial charge < -0.3 is 10.2 Å². The molecule has 1 saturated heterocycles. The number of benzene rings is 1. The first-order valence-electron chi connectivity index (χ1n) is 10.3. The fraction of sp³-hybridized carbons (Fsp3) is 0.727. The van der Waals surface area contributed by atoms with Gasteiger partial charge in [0, 0.05) is 25.2 Å². The van der Waals surface area contributed by atoms with E-state index in [-0.39, 0.29) is 24.8 Å². The highest BCUT2D eigenvalue weighted by Gasteiger charge is 2.37. The van der Waals surface area contributed by atoms with Gasteiger partial charge in [0.1, 0.15) is 0 Å². The van der Waals surface area contributed by atoms with Gasteiger partial charge in [0.15, 0.2) is 0 Å². The van der Waals surface area contributed by atoms with Crippen molar-refractivity contribution in [2.75, 3.05) is 33.7 Å². The van der Waals surface area contributed by atoms with Crippen LogP contribution in [0.1, 0.15) is 49.7 Å². The Morgan fingerprint density at radius 2 is 1.67 bits per heavy atom. The van der Waals surface area contributed by atoms with Crippen molar-refractivity contribution in [2.45, 2.75) is 63.6 Å². The molecule has 1 aliphatic carbocycles. The number of hydrogen-bond donors (Lipinski definition) is 1. The maximum absolute atomic E-state index is 3.54. The average Bonchev–Trinajstić information content (AvgIpc) is 2.63. The van der Waals surface area contributed by atoms with E-state index in [1.165, 1.54) is 70.1 Å². The maximum Gasteiger partial charge on any atom is 0.0264 e. The first-order valence-corrected chi connectivity index (χ1v) is 10.3. The number of hydrogen-bond acceptors (Lipinski definition) is 3. The molecule has 3 aliphatic rings. The molecule has 2 fully saturated rings. The van der Waals surface area contributed by atoms with Crippen molar-refractivity contribution in [1.29, 1.82) is 0 Å². The molecule has 0 bridgehead atoms. The van der Waals surface area contributed by atoms with Crippen molar-refractivity contribution >= 4 is 24.8 Å². The SMILES string of the molecule is CN1Cc2ccccc2CC1CN(C)C1CCC2(CCNCC2)CC1.Cl.Cl. The third-order valence-corrected chi connectivity index (χ3v) is 7.42. The van der Waals surface area contributed by atoms with Gasteiger partial charge in [-0.1, -0.05) is 24.3 Å². The number of likely N-dealkylation sites (N-methyl/N-ethyl adjacent to an activating group) is 2. The van der Waals surface area contributed by atoms with Gasteiger partial charge in [0.2, 0.25) is 0 Å². The number of nitrogens with zero attached hydrogens (tertiary/aromatic N) is 2. The molecule has 1 aromatic rings. The average molecular weight is 414 g/mol. The van der Waals surface area contributed by atoms with Crippen LogP contribution in [0.5, 0.6) is 0 Å². The molecule has 0 amide bonds. The summed E-state index contributed by atoms with van der Waals surface area (Å²) < 4.78 is 0. The van der Waals surface area contributed by atoms with Crippen LogP contribution < -0.4 is 5.32 Å². The lowest BCUT2D eigenvalue weighted by atomic mass is 9.67. The molecule has 5 heteroatoms. The summed E-state index contributed by atoms with van der Waals surface area (Å²) in [5.41, 5.74) is 3.77. The summed E-state index contributed by atoms with van der Waals surface area (Å²) in [5, 5.41) is 3.54. The molecular formula is C22H37Cl2N3. The van der Waals surface area contributed by atoms with Crippen LogP contribution in [0.2, 0.25) is 0 Å². The summed E-state index contributed by atoms with van der Waals surface area (Å²) in [6.07, 6.45) is 9.74. The lowest BCUT2D eigenvalue weighted by Gasteiger charge is -2.46. The molecule has 1 aromatic carbocycles. The van der Waals surface area contributed by atoms with Crippen LogP contribution >= 0.6 is 24.8 Å². The minimum absolute atomic E-state index is 0. The lowest BCUT2D eigenvalue weighted by Crippen LogP contribution is -2.49. The van der Waals surface area contributed by atoms with Gasteiger partial charge in [-0.25, -0.2) is 0 Å². The Morgan fingerprint density at radius 3 is 2.33 bits per heavy atom. The van der Waals surface area contributed by atoms with Crippen molar-refractivity contribution in [3.8, 4) is 0 Å². The van der Waals surface area contributed by atoms with E-state index in [0.717, 1.165) is 12.6 Å². The highest BCUT2D eigenvalue weighted by molar-refractivity contribution is 5.85. The highest BCUT2D eigenvalue weighted by atomic mass is 35.5. The second-order valence-electron chi connectivity index (χ2n) is 8.96. The molecule has 2 heterocycles. The molecule has 1 spiro atoms. The predicted octanol–water partition coefficient (Wildman–Crippen LogP) is 4.13. The zero-order valence-electron chi connectivity index (χ0n) is 17.0. The molecule has 1 unspecified atom stereocenters. The van der Waals surface area contributed by atoms with E-state index < -0.39 is 0 Å². The Balaban J connectivity index is 0.00000131. The van der Waals surface area contributed by atoms with Crippen LogP contribution in [0, 0.1) is 5.41 Å². The van der Waals surface area contributed by atoms with Crippen molar-refractivity contribution in [2.24, 2.45) is 5.41 Å². The van der Waals surface area contributed by atoms with Crippen molar-refractivity contribution < 1.29 is 0 Å². The van der Waals surface area contributed by atoms with Gasteiger partial charge in [-0.2, -0.15) is 0 Å². The summed E-state index contributed by atoms with van der Waals surface area (Å²) in [5.74, 6) is 0. The van der Waals surface area contributed by atoms with Gasteiger partial charge in [0.25, 0.3) is 0 Å². The van der Waals surface area contributed by atoms with Crippen LogP contribution in [0.25, 0.3) is 0 Å². The second kappa shape index (κ2) is 9.93. The third-order valence-electron chi connectivity index (χ3n) is 7.42. The Kier molecular flexibility index (Phi) is 8.45. The summed E-state index contributed by atoms with van der Waals surface area (Å²) in [6.45, 7) is 4.80. The minimum Gasteiger partial charge on any atom is -0.317 e. The molecule has 0 radical (unpaired) electrons. The molecule has 154 valence electrons. The van der Waals surface area contributed by atoms with E-state index in [2.05, 4.69) is 53.5 Å². The highest BCUT2D eigenvalue weighted by Crippen LogP contribution is 2.44. The largest absolute Gasteiger partial charge is 0.317 e. The molecule has 1 N–H and O–H groups in total. The Labute approximate surface area is 178 Å². The standard InChI is InChI=1S/C22H35N3.2ClH/c1-24-16-19-6-4-3-5-18(19)15-21(24)17-25(2)20-7-9-22(10-8-20)11-13-23-14-12-22;;/h3-6,20-21,23H,7-17H2,1-2H3;2*1H. The van der Waals surface area contributed by atoms with Crippen molar-refractivity contribution in [1.82, 2.24) is 15.1 Å². The first-order chi connectivity index (χ1) is 12.2. The first kappa shape index (κ1) is 23.0. The van der Waals surface area contributed by atoms with Crippen LogP contribution in [0.3, 0.4) is 0 Å². The fourth-order valence-corrected chi connectivity index (χ4v) is 5.52. The monoisotopic (exact) mass is 413 g/mol. The smallest absolute Gasteiger partial charge is 0.0264 e. The summed E-state index contributed by atoms with van der Waals surface area (Å²) >= 11 is 0. The zero-order valence-corrected chi connectivity index (χ0v) is 18.6. The summed E-state index contributed by atoms with van der Waals surface area (Å²) in [4.78, 5) is 5.25. The van der Waals surface area contributed by atoms with Gasteiger partial charge >= 0.3 is 0 Å². The predicted molar refractivity (Wildman–Crippen MR) is 119 cm³/mol. The Bertz CT molecular complexity index is 579. The van der Waals surface area contributed by atoms with Gasteiger partial charge in [-0.3, -0.25) is 4.90 Å². The van der Waals surface area contributed by atoms with Gasteiger partial charge in [-0.05, 0) is 88.7 Å². The summed E-state index contributed by atoms with van der Waals surface area (Å²) in [7, 11) is 4.68. The molecular weight excluding hydrogens is 377 g/mol. The number of rotatable bonds is 3. The molecule has 4 rings (SSSR count). The van der Waals surface area contributed by atoms with Crippen molar-refractivity contribution in [3.63, 3.8) is 0 Å². The third kappa shape index (κ3) is 5.19. The zero-order chi connectivity index (χ0) is 17.3. The van der Waals surface area contributed by atoms with Gasteiger partial charge in [-0.15, -0.1) is 24.8 Å². The van der Waals surface area contributed by atoms with E-state index in [4.69, 9.17) is 0 Å². The lowest BCUT2D eigenvalue weighted by molar-refractivity contribution is 0.0606. The molecule has 0 aromatic heterocycles. The van der Waals surface area contributed by atoms with Gasteiger partial charge in [0.05, 0.1) is 0 Å². The Morgan fingerprint density at radius 1 is 1.04 bits per heavy atom. The quantitative estimate of drug-likeness (QED) is 0.803. The van der Waals surface area contributed by atoms with E-state index in [0.29, 0.717) is 11.5 Å². The van der Waals surface area contributed by atoms with E-state index in [1.807, 2.05) is 0 Å². The van der Waals surface area contributed by atoms with Crippen molar-refractivity contribution in [3.05, 3.63) is 35.4 Å². The van der Waals surface area contributed by atoms with E-state index >= 15 is 0 Å². The van der Waals surface area contributed by atoms with E-state index in [1.54, 1.807) is 5.56 Å². The van der Waals surface area contributed by atoms with Crippen LogP contribution in [-0.4, -0.2) is 55.6 Å². The summed E-state index contributed by atoms with van der Waals surface area (Å²) in [6, 6.07) is 10.5. The number of nitrogens with one attached hydrogen (secondary N) is 1. The molecule has 1 saturated carbocycles. The second-order valence-corrected chi connectivity index (χ2v) is 8.96. The molecule has 27 heavy (non-hydrogen) atoms. The molecule has 1 atom stereocenters. The normalized spacial score (nSPS) is 25.5. The fourth-order valence-electron chi connectivity index (χ4n) is 5.52. The number of piperidine rings is 1. The maximum atomic E-state index is 3.54. The number of fused-ring (bicyclic) bond motifs is 1.